The molecule has 2 amide bonds. The summed E-state index contributed by atoms with van der Waals surface area (Å²) < 4.78 is 0. The third-order valence-electron chi connectivity index (χ3n) is 3.27. The molecule has 0 spiro atoms. The van der Waals surface area contributed by atoms with Crippen molar-refractivity contribution in [3.63, 3.8) is 0 Å². The maximum Gasteiger partial charge on any atom is 0.317 e. The molecule has 0 aliphatic heterocycles. The van der Waals surface area contributed by atoms with Crippen LogP contribution in [-0.4, -0.2) is 40.2 Å². The van der Waals surface area contributed by atoms with Gasteiger partial charge in [0.05, 0.1) is 23.9 Å². The highest BCUT2D eigenvalue weighted by molar-refractivity contribution is 7.10. The van der Waals surface area contributed by atoms with E-state index in [4.69, 9.17) is 0 Å². The second-order valence-corrected chi connectivity index (χ2v) is 7.17. The first kappa shape index (κ1) is 17.4. The van der Waals surface area contributed by atoms with Crippen LogP contribution >= 0.6 is 11.3 Å². The summed E-state index contributed by atoms with van der Waals surface area (Å²) in [7, 11) is 1.66. The number of thiazole rings is 1. The quantitative estimate of drug-likeness (QED) is 0.882. The lowest BCUT2D eigenvalue weighted by molar-refractivity contribution is 0.0528. The monoisotopic (exact) mass is 333 g/mol. The van der Waals surface area contributed by atoms with E-state index in [0.717, 1.165) is 16.3 Å². The minimum atomic E-state index is -0.920. The number of rotatable bonds is 5. The number of likely N-dealkylation sites (N-methyl/N-ethyl adjacent to an activating group) is 1. The predicted octanol–water partition coefficient (Wildman–Crippen LogP) is 3.28. The van der Waals surface area contributed by atoms with Crippen molar-refractivity contribution in [1.29, 1.82) is 0 Å². The fourth-order valence-electron chi connectivity index (χ4n) is 2.24. The number of benzene rings is 1. The summed E-state index contributed by atoms with van der Waals surface area (Å²) in [5, 5.41) is 15.5. The predicted molar refractivity (Wildman–Crippen MR) is 93.4 cm³/mol. The molecule has 0 radical (unpaired) electrons. The van der Waals surface area contributed by atoms with E-state index in [1.165, 1.54) is 16.2 Å². The zero-order valence-electron chi connectivity index (χ0n) is 13.9. The smallest absolute Gasteiger partial charge is 0.317 e. The molecule has 1 aromatic heterocycles. The van der Waals surface area contributed by atoms with Crippen molar-refractivity contribution in [1.82, 2.24) is 15.2 Å². The normalized spacial score (nSPS) is 12.7. The van der Waals surface area contributed by atoms with E-state index in [2.05, 4.69) is 10.3 Å². The van der Waals surface area contributed by atoms with Gasteiger partial charge in [0.2, 0.25) is 0 Å². The molecule has 0 aliphatic carbocycles. The van der Waals surface area contributed by atoms with Gasteiger partial charge in [0.25, 0.3) is 0 Å². The fraction of sp³-hybridized carbons (Fsp3) is 0.412. The molecule has 23 heavy (non-hydrogen) atoms. The van der Waals surface area contributed by atoms with Crippen molar-refractivity contribution in [2.75, 3.05) is 13.6 Å². The minimum absolute atomic E-state index is 0.186. The van der Waals surface area contributed by atoms with Crippen LogP contribution < -0.4 is 5.32 Å². The maximum atomic E-state index is 12.2. The van der Waals surface area contributed by atoms with E-state index in [9.17, 15) is 9.90 Å². The van der Waals surface area contributed by atoms with E-state index in [1.807, 2.05) is 42.6 Å². The highest BCUT2D eigenvalue weighted by Gasteiger charge is 2.21. The van der Waals surface area contributed by atoms with Gasteiger partial charge in [-0.15, -0.1) is 11.3 Å². The molecule has 0 saturated carbocycles. The Morgan fingerprint density at radius 3 is 2.65 bits per heavy atom. The summed E-state index contributed by atoms with van der Waals surface area (Å²) in [6.07, 6.45) is 0. The number of amides is 2. The Morgan fingerprint density at radius 1 is 1.39 bits per heavy atom. The van der Waals surface area contributed by atoms with Crippen LogP contribution in [0.4, 0.5) is 4.79 Å². The number of urea groups is 1. The van der Waals surface area contributed by atoms with Crippen LogP contribution in [0.3, 0.4) is 0 Å². The van der Waals surface area contributed by atoms with Crippen molar-refractivity contribution >= 4 is 17.4 Å². The van der Waals surface area contributed by atoms with Crippen LogP contribution in [0.2, 0.25) is 0 Å². The third kappa shape index (κ3) is 5.04. The van der Waals surface area contributed by atoms with Crippen molar-refractivity contribution in [3.8, 4) is 11.3 Å². The lowest BCUT2D eigenvalue weighted by atomic mass is 10.1. The van der Waals surface area contributed by atoms with Crippen molar-refractivity contribution < 1.29 is 9.90 Å². The van der Waals surface area contributed by atoms with E-state index in [0.29, 0.717) is 0 Å². The molecule has 1 unspecified atom stereocenters. The average molecular weight is 333 g/mol. The second kappa shape index (κ2) is 7.10. The molecule has 1 atom stereocenters. The molecule has 5 nitrogen and oxygen atoms in total. The van der Waals surface area contributed by atoms with Gasteiger partial charge >= 0.3 is 6.03 Å². The van der Waals surface area contributed by atoms with E-state index >= 15 is 0 Å². The van der Waals surface area contributed by atoms with Crippen LogP contribution in [0.5, 0.6) is 0 Å². The number of nitrogens with one attached hydrogen (secondary N) is 1. The molecular weight excluding hydrogens is 310 g/mol. The molecule has 1 aromatic carbocycles. The summed E-state index contributed by atoms with van der Waals surface area (Å²) in [5.41, 5.74) is 1.06. The highest BCUT2D eigenvalue weighted by atomic mass is 32.1. The number of nitrogens with zero attached hydrogens (tertiary/aromatic N) is 2. The molecule has 124 valence electrons. The third-order valence-corrected chi connectivity index (χ3v) is 4.30. The first-order valence-electron chi connectivity index (χ1n) is 7.51. The van der Waals surface area contributed by atoms with Crippen molar-refractivity contribution in [3.05, 3.63) is 40.7 Å². The topological polar surface area (TPSA) is 65.5 Å². The molecule has 2 N–H and O–H groups in total. The summed E-state index contributed by atoms with van der Waals surface area (Å²) >= 11 is 1.53. The lowest BCUT2D eigenvalue weighted by Gasteiger charge is -2.26. The highest BCUT2D eigenvalue weighted by Crippen LogP contribution is 2.25. The van der Waals surface area contributed by atoms with Gasteiger partial charge in [0, 0.05) is 18.0 Å². The minimum Gasteiger partial charge on any atom is -0.389 e. The number of carbonyl (C=O) groups excluding carboxylic acids is 1. The van der Waals surface area contributed by atoms with Gasteiger partial charge < -0.3 is 15.3 Å². The summed E-state index contributed by atoms with van der Waals surface area (Å²) in [4.78, 5) is 18.2. The standard InChI is InChI=1S/C17H23N3O2S/c1-12(18-16(21)20(4)11-17(2,3)22)15-19-14(10-23-15)13-8-6-5-7-9-13/h5-10,12,22H,11H2,1-4H3,(H,18,21). The van der Waals surface area contributed by atoms with Crippen LogP contribution in [0.1, 0.15) is 31.8 Å². The van der Waals surface area contributed by atoms with Gasteiger partial charge in [-0.25, -0.2) is 9.78 Å². The van der Waals surface area contributed by atoms with Gasteiger partial charge in [-0.2, -0.15) is 0 Å². The van der Waals surface area contributed by atoms with Gasteiger partial charge in [0.1, 0.15) is 5.01 Å². The Labute approximate surface area is 141 Å². The Bertz CT molecular complexity index is 649. The summed E-state index contributed by atoms with van der Waals surface area (Å²) in [6, 6.07) is 9.54. The van der Waals surface area contributed by atoms with Gasteiger partial charge in [-0.1, -0.05) is 30.3 Å². The Morgan fingerprint density at radius 2 is 2.04 bits per heavy atom. The number of carbonyl (C=O) groups is 1. The van der Waals surface area contributed by atoms with Crippen LogP contribution in [0.15, 0.2) is 35.7 Å². The Hall–Kier alpha value is -1.92. The largest absolute Gasteiger partial charge is 0.389 e. The van der Waals surface area contributed by atoms with Gasteiger partial charge in [-0.05, 0) is 20.8 Å². The SMILES string of the molecule is CC(NC(=O)N(C)CC(C)(C)O)c1nc(-c2ccccc2)cs1. The second-order valence-electron chi connectivity index (χ2n) is 6.28. The van der Waals surface area contributed by atoms with E-state index in [1.54, 1.807) is 20.9 Å². The molecular formula is C17H23N3O2S. The molecule has 0 aliphatic rings. The maximum absolute atomic E-state index is 12.2. The molecule has 2 rings (SSSR count). The van der Waals surface area contributed by atoms with Gasteiger partial charge in [-0.3, -0.25) is 0 Å². The zero-order chi connectivity index (χ0) is 17.0. The molecule has 0 saturated heterocycles. The molecule has 0 fully saturated rings. The van der Waals surface area contributed by atoms with Crippen LogP contribution in [0.25, 0.3) is 11.3 Å². The number of aromatic nitrogens is 1. The average Bonchev–Trinajstić information content (AvgIpc) is 2.96. The number of hydrogen-bond donors (Lipinski definition) is 2. The van der Waals surface area contributed by atoms with E-state index in [-0.39, 0.29) is 18.6 Å². The first-order chi connectivity index (χ1) is 10.8. The Balaban J connectivity index is 2.00. The first-order valence-corrected chi connectivity index (χ1v) is 8.39. The molecule has 1 heterocycles. The van der Waals surface area contributed by atoms with Crippen LogP contribution in [-0.2, 0) is 0 Å². The zero-order valence-corrected chi connectivity index (χ0v) is 14.7. The molecule has 0 bridgehead atoms. The van der Waals surface area contributed by atoms with E-state index < -0.39 is 5.60 Å². The van der Waals surface area contributed by atoms with Crippen molar-refractivity contribution in [2.45, 2.75) is 32.4 Å². The molecule has 6 heteroatoms. The summed E-state index contributed by atoms with van der Waals surface area (Å²) in [6.45, 7) is 5.52. The summed E-state index contributed by atoms with van der Waals surface area (Å²) in [5.74, 6) is 0. The van der Waals surface area contributed by atoms with Crippen LogP contribution in [0, 0.1) is 0 Å². The fourth-order valence-corrected chi connectivity index (χ4v) is 3.07. The Kier molecular flexibility index (Phi) is 5.38. The molecule has 2 aromatic rings. The number of aliphatic hydroxyl groups is 1. The lowest BCUT2D eigenvalue weighted by Crippen LogP contribution is -2.45. The van der Waals surface area contributed by atoms with Gasteiger partial charge in [0.15, 0.2) is 0 Å². The number of hydrogen-bond acceptors (Lipinski definition) is 4. The van der Waals surface area contributed by atoms with Crippen molar-refractivity contribution in [2.24, 2.45) is 0 Å².